The van der Waals surface area contributed by atoms with Crippen LogP contribution in [0.3, 0.4) is 0 Å². The minimum Gasteiger partial charge on any atom is -0.352 e. The van der Waals surface area contributed by atoms with E-state index in [0.717, 1.165) is 12.8 Å². The molecule has 128 valence electrons. The fourth-order valence-electron chi connectivity index (χ4n) is 2.53. The van der Waals surface area contributed by atoms with Crippen LogP contribution in [0, 0.1) is 0 Å². The SMILES string of the molecule is CC(=O)Nc1ccc(S(=O)(=O)N2CC=C[C@@H]2C(=O)NC2CC2)cc1. The summed E-state index contributed by atoms with van der Waals surface area (Å²) in [5.74, 6) is -0.518. The summed E-state index contributed by atoms with van der Waals surface area (Å²) in [5.41, 5.74) is 0.518. The van der Waals surface area contributed by atoms with Crippen molar-refractivity contribution in [3.05, 3.63) is 36.4 Å². The van der Waals surface area contributed by atoms with Crippen LogP contribution in [0.2, 0.25) is 0 Å². The van der Waals surface area contributed by atoms with Gasteiger partial charge in [0.15, 0.2) is 0 Å². The van der Waals surface area contributed by atoms with E-state index >= 15 is 0 Å². The molecule has 2 aliphatic rings. The van der Waals surface area contributed by atoms with Gasteiger partial charge >= 0.3 is 0 Å². The molecule has 0 radical (unpaired) electrons. The van der Waals surface area contributed by atoms with Crippen molar-refractivity contribution in [1.82, 2.24) is 9.62 Å². The van der Waals surface area contributed by atoms with Crippen molar-refractivity contribution in [2.24, 2.45) is 0 Å². The molecule has 8 heteroatoms. The topological polar surface area (TPSA) is 95.6 Å². The molecule has 2 N–H and O–H groups in total. The predicted octanol–water partition coefficient (Wildman–Crippen LogP) is 0.853. The van der Waals surface area contributed by atoms with Crippen LogP contribution < -0.4 is 10.6 Å². The van der Waals surface area contributed by atoms with Gasteiger partial charge in [0.25, 0.3) is 0 Å². The highest BCUT2D eigenvalue weighted by atomic mass is 32.2. The molecule has 24 heavy (non-hydrogen) atoms. The number of nitrogens with one attached hydrogen (secondary N) is 2. The molecule has 1 saturated carbocycles. The van der Waals surface area contributed by atoms with E-state index in [0.29, 0.717) is 5.69 Å². The van der Waals surface area contributed by atoms with Gasteiger partial charge in [0, 0.05) is 25.2 Å². The standard InChI is InChI=1S/C16H19N3O4S/c1-11(20)17-12-6-8-14(9-7-12)24(22,23)19-10-2-3-15(19)16(21)18-13-4-5-13/h2-3,6-9,13,15H,4-5,10H2,1H3,(H,17,20)(H,18,21)/t15-/m1/s1. The summed E-state index contributed by atoms with van der Waals surface area (Å²) in [5, 5.41) is 5.42. The highest BCUT2D eigenvalue weighted by Gasteiger charge is 2.38. The van der Waals surface area contributed by atoms with Crippen molar-refractivity contribution in [2.45, 2.75) is 36.7 Å². The van der Waals surface area contributed by atoms with Crippen molar-refractivity contribution in [1.29, 1.82) is 0 Å². The number of hydrogen-bond acceptors (Lipinski definition) is 4. The van der Waals surface area contributed by atoms with E-state index < -0.39 is 16.1 Å². The zero-order chi connectivity index (χ0) is 17.3. The smallest absolute Gasteiger partial charge is 0.244 e. The molecular weight excluding hydrogens is 330 g/mol. The van der Waals surface area contributed by atoms with Crippen molar-refractivity contribution >= 4 is 27.5 Å². The maximum absolute atomic E-state index is 12.8. The number of hydrogen-bond donors (Lipinski definition) is 2. The Morgan fingerprint density at radius 3 is 2.42 bits per heavy atom. The maximum atomic E-state index is 12.8. The van der Waals surface area contributed by atoms with Gasteiger partial charge in [0.1, 0.15) is 6.04 Å². The number of amides is 2. The molecule has 0 unspecified atom stereocenters. The summed E-state index contributed by atoms with van der Waals surface area (Å²) in [4.78, 5) is 23.4. The number of carbonyl (C=O) groups is 2. The van der Waals surface area contributed by atoms with Crippen LogP contribution in [0.1, 0.15) is 19.8 Å². The number of sulfonamides is 1. The molecular formula is C16H19N3O4S. The van der Waals surface area contributed by atoms with Crippen LogP contribution >= 0.6 is 0 Å². The lowest BCUT2D eigenvalue weighted by Crippen LogP contribution is -2.46. The van der Waals surface area contributed by atoms with E-state index in [1.54, 1.807) is 12.2 Å². The van der Waals surface area contributed by atoms with Crippen LogP contribution in [0.25, 0.3) is 0 Å². The fourth-order valence-corrected chi connectivity index (χ4v) is 4.03. The third-order valence-corrected chi connectivity index (χ3v) is 5.75. The van der Waals surface area contributed by atoms with Crippen molar-refractivity contribution < 1.29 is 18.0 Å². The first-order valence-electron chi connectivity index (χ1n) is 7.74. The molecule has 1 aliphatic heterocycles. The number of rotatable bonds is 5. The second kappa shape index (κ2) is 6.37. The molecule has 1 fully saturated rings. The molecule has 7 nitrogen and oxygen atoms in total. The minimum atomic E-state index is -3.80. The van der Waals surface area contributed by atoms with Gasteiger partial charge in [-0.2, -0.15) is 4.31 Å². The van der Waals surface area contributed by atoms with Gasteiger partial charge < -0.3 is 10.6 Å². The predicted molar refractivity (Wildman–Crippen MR) is 88.7 cm³/mol. The van der Waals surface area contributed by atoms with Gasteiger partial charge in [-0.3, -0.25) is 9.59 Å². The Bertz CT molecular complexity index is 782. The Kier molecular flexibility index (Phi) is 4.42. The quantitative estimate of drug-likeness (QED) is 0.771. The molecule has 1 atom stereocenters. The van der Waals surface area contributed by atoms with E-state index in [1.165, 1.54) is 35.5 Å². The first-order valence-corrected chi connectivity index (χ1v) is 9.18. The maximum Gasteiger partial charge on any atom is 0.244 e. The summed E-state index contributed by atoms with van der Waals surface area (Å²) in [6, 6.07) is 5.26. The van der Waals surface area contributed by atoms with E-state index in [2.05, 4.69) is 10.6 Å². The third-order valence-electron chi connectivity index (χ3n) is 3.89. The molecule has 0 spiro atoms. The highest BCUT2D eigenvalue weighted by molar-refractivity contribution is 7.89. The molecule has 0 aromatic heterocycles. The summed E-state index contributed by atoms with van der Waals surface area (Å²) in [6.45, 7) is 1.54. The Morgan fingerprint density at radius 1 is 1.17 bits per heavy atom. The first-order chi connectivity index (χ1) is 11.4. The highest BCUT2D eigenvalue weighted by Crippen LogP contribution is 2.25. The molecule has 1 aromatic carbocycles. The van der Waals surface area contributed by atoms with E-state index in [1.807, 2.05) is 0 Å². The van der Waals surface area contributed by atoms with Gasteiger partial charge in [-0.05, 0) is 37.1 Å². The van der Waals surface area contributed by atoms with E-state index in [4.69, 9.17) is 0 Å². The van der Waals surface area contributed by atoms with Crippen LogP contribution in [-0.2, 0) is 19.6 Å². The van der Waals surface area contributed by atoms with Gasteiger partial charge in [-0.25, -0.2) is 8.42 Å². The van der Waals surface area contributed by atoms with Crippen LogP contribution in [0.15, 0.2) is 41.3 Å². The molecule has 1 heterocycles. The van der Waals surface area contributed by atoms with Gasteiger partial charge in [-0.1, -0.05) is 12.2 Å². The molecule has 1 aliphatic carbocycles. The molecule has 2 amide bonds. The molecule has 1 aromatic rings. The van der Waals surface area contributed by atoms with Gasteiger partial charge in [0.05, 0.1) is 4.90 Å². The summed E-state index contributed by atoms with van der Waals surface area (Å²) < 4.78 is 26.8. The average Bonchev–Trinajstić information content (AvgIpc) is 3.18. The van der Waals surface area contributed by atoms with E-state index in [9.17, 15) is 18.0 Å². The summed E-state index contributed by atoms with van der Waals surface area (Å²) >= 11 is 0. The van der Waals surface area contributed by atoms with Crippen LogP contribution in [0.5, 0.6) is 0 Å². The minimum absolute atomic E-state index is 0.0875. The lowest BCUT2D eigenvalue weighted by molar-refractivity contribution is -0.123. The molecule has 0 bridgehead atoms. The molecule has 0 saturated heterocycles. The Morgan fingerprint density at radius 2 is 1.83 bits per heavy atom. The van der Waals surface area contributed by atoms with E-state index in [-0.39, 0.29) is 29.3 Å². The van der Waals surface area contributed by atoms with Gasteiger partial charge in [-0.15, -0.1) is 0 Å². The van der Waals surface area contributed by atoms with Crippen molar-refractivity contribution in [3.8, 4) is 0 Å². The zero-order valence-corrected chi connectivity index (χ0v) is 14.0. The third kappa shape index (κ3) is 3.49. The van der Waals surface area contributed by atoms with Crippen molar-refractivity contribution in [3.63, 3.8) is 0 Å². The van der Waals surface area contributed by atoms with Gasteiger partial charge in [0.2, 0.25) is 21.8 Å². The lowest BCUT2D eigenvalue weighted by Gasteiger charge is -2.23. The summed E-state index contributed by atoms with van der Waals surface area (Å²) in [7, 11) is -3.80. The lowest BCUT2D eigenvalue weighted by atomic mass is 10.3. The van der Waals surface area contributed by atoms with Crippen LogP contribution in [0.4, 0.5) is 5.69 Å². The van der Waals surface area contributed by atoms with Crippen LogP contribution in [-0.4, -0.2) is 43.2 Å². The largest absolute Gasteiger partial charge is 0.352 e. The second-order valence-electron chi connectivity index (χ2n) is 5.94. The molecule has 3 rings (SSSR count). The number of carbonyl (C=O) groups excluding carboxylic acids is 2. The fraction of sp³-hybridized carbons (Fsp3) is 0.375. The second-order valence-corrected chi connectivity index (χ2v) is 7.83. The number of benzene rings is 1. The Hall–Kier alpha value is -2.19. The normalized spacial score (nSPS) is 20.8. The average molecular weight is 349 g/mol. The monoisotopic (exact) mass is 349 g/mol. The van der Waals surface area contributed by atoms with Crippen molar-refractivity contribution in [2.75, 3.05) is 11.9 Å². The number of nitrogens with zero attached hydrogens (tertiary/aromatic N) is 1. The summed E-state index contributed by atoms with van der Waals surface area (Å²) in [6.07, 6.45) is 5.18. The number of anilines is 1. The zero-order valence-electron chi connectivity index (χ0n) is 13.2. The Balaban J connectivity index is 1.78. The first kappa shape index (κ1) is 16.7. The Labute approximate surface area is 140 Å².